The maximum atomic E-state index is 13.6. The normalized spacial score (nSPS) is 17.6. The molecule has 31 heavy (non-hydrogen) atoms. The molecule has 0 saturated carbocycles. The molecular formula is C25H27ClN2O3. The summed E-state index contributed by atoms with van der Waals surface area (Å²) in [6.45, 7) is 6.37. The van der Waals surface area contributed by atoms with Gasteiger partial charge in [0.1, 0.15) is 11.4 Å². The van der Waals surface area contributed by atoms with Crippen molar-refractivity contribution in [3.63, 3.8) is 0 Å². The molecule has 0 radical (unpaired) electrons. The average molecular weight is 439 g/mol. The van der Waals surface area contributed by atoms with E-state index in [4.69, 9.17) is 16.3 Å². The van der Waals surface area contributed by atoms with Crippen LogP contribution in [0.3, 0.4) is 0 Å². The summed E-state index contributed by atoms with van der Waals surface area (Å²) in [5.74, 6) is 0.672. The number of piperidine rings is 1. The highest BCUT2D eigenvalue weighted by molar-refractivity contribution is 6.45. The largest absolute Gasteiger partial charge is 0.494 e. The molecule has 0 aromatic heterocycles. The number of nitrogens with zero attached hydrogens (tertiary/aromatic N) is 2. The van der Waals surface area contributed by atoms with Gasteiger partial charge in [0, 0.05) is 24.2 Å². The van der Waals surface area contributed by atoms with Crippen LogP contribution >= 0.6 is 11.6 Å². The van der Waals surface area contributed by atoms with Gasteiger partial charge in [0.2, 0.25) is 0 Å². The van der Waals surface area contributed by atoms with Gasteiger partial charge >= 0.3 is 0 Å². The van der Waals surface area contributed by atoms with E-state index < -0.39 is 0 Å². The first kappa shape index (κ1) is 21.4. The molecule has 0 atom stereocenters. The van der Waals surface area contributed by atoms with Crippen molar-refractivity contribution in [2.75, 3.05) is 24.6 Å². The smallest absolute Gasteiger partial charge is 0.282 e. The highest BCUT2D eigenvalue weighted by Crippen LogP contribution is 2.37. The lowest BCUT2D eigenvalue weighted by molar-refractivity contribution is -0.120. The Morgan fingerprint density at radius 1 is 1.03 bits per heavy atom. The van der Waals surface area contributed by atoms with Gasteiger partial charge in [-0.05, 0) is 55.0 Å². The molecule has 2 aromatic rings. The van der Waals surface area contributed by atoms with Crippen LogP contribution in [0.1, 0.15) is 38.7 Å². The van der Waals surface area contributed by atoms with Gasteiger partial charge in [0.25, 0.3) is 11.8 Å². The van der Waals surface area contributed by atoms with E-state index in [2.05, 4.69) is 11.8 Å². The zero-order valence-electron chi connectivity index (χ0n) is 17.9. The van der Waals surface area contributed by atoms with Crippen LogP contribution in [0.2, 0.25) is 5.02 Å². The number of carbonyl (C=O) groups is 2. The molecule has 2 aliphatic heterocycles. The number of carbonyl (C=O) groups excluding carboxylic acids is 2. The SMILES string of the molecule is CCCOc1cccc(N2C(=O)C(c3ccc(Cl)cc3)=C(N3CCC(C)CC3)C2=O)c1. The number of halogens is 1. The molecule has 0 aliphatic carbocycles. The molecule has 0 spiro atoms. The lowest BCUT2D eigenvalue weighted by atomic mass is 9.97. The lowest BCUT2D eigenvalue weighted by Crippen LogP contribution is -2.38. The predicted octanol–water partition coefficient (Wildman–Crippen LogP) is 5.15. The molecule has 2 aromatic carbocycles. The first-order valence-corrected chi connectivity index (χ1v) is 11.2. The minimum absolute atomic E-state index is 0.280. The van der Waals surface area contributed by atoms with Crippen LogP contribution in [-0.4, -0.2) is 36.4 Å². The van der Waals surface area contributed by atoms with Crippen LogP contribution in [0.15, 0.2) is 54.2 Å². The van der Waals surface area contributed by atoms with Crippen LogP contribution in [0, 0.1) is 5.92 Å². The van der Waals surface area contributed by atoms with Crippen molar-refractivity contribution in [1.29, 1.82) is 0 Å². The summed E-state index contributed by atoms with van der Waals surface area (Å²) in [5.41, 5.74) is 2.16. The van der Waals surface area contributed by atoms with Gasteiger partial charge in [-0.15, -0.1) is 0 Å². The third-order valence-electron chi connectivity index (χ3n) is 5.84. The van der Waals surface area contributed by atoms with E-state index in [1.165, 1.54) is 4.90 Å². The van der Waals surface area contributed by atoms with E-state index in [9.17, 15) is 9.59 Å². The second-order valence-electron chi connectivity index (χ2n) is 8.19. The zero-order chi connectivity index (χ0) is 22.0. The summed E-state index contributed by atoms with van der Waals surface area (Å²) in [5, 5.41) is 0.590. The Balaban J connectivity index is 1.74. The highest BCUT2D eigenvalue weighted by Gasteiger charge is 2.43. The quantitative estimate of drug-likeness (QED) is 0.585. The van der Waals surface area contributed by atoms with Gasteiger partial charge in [-0.25, -0.2) is 4.90 Å². The van der Waals surface area contributed by atoms with Gasteiger partial charge in [-0.1, -0.05) is 43.6 Å². The minimum atomic E-state index is -0.311. The molecule has 1 fully saturated rings. The second kappa shape index (κ2) is 9.15. The van der Waals surface area contributed by atoms with Crippen LogP contribution in [0.4, 0.5) is 5.69 Å². The molecule has 0 bridgehead atoms. The number of imide groups is 1. The topological polar surface area (TPSA) is 49.9 Å². The van der Waals surface area contributed by atoms with E-state index in [-0.39, 0.29) is 11.8 Å². The standard InChI is InChI=1S/C25H27ClN2O3/c1-3-15-31-21-6-4-5-20(16-21)28-24(29)22(18-7-9-19(26)10-8-18)23(25(28)30)27-13-11-17(2)12-14-27/h4-10,16-17H,3,11-15H2,1-2H3. The molecule has 1 saturated heterocycles. The van der Waals surface area contributed by atoms with Crippen LogP contribution < -0.4 is 9.64 Å². The maximum Gasteiger partial charge on any atom is 0.282 e. The summed E-state index contributed by atoms with van der Waals surface area (Å²) >= 11 is 6.07. The van der Waals surface area contributed by atoms with E-state index in [0.29, 0.717) is 45.8 Å². The van der Waals surface area contributed by atoms with E-state index in [0.717, 1.165) is 32.4 Å². The molecule has 2 amide bonds. The van der Waals surface area contributed by atoms with Crippen molar-refractivity contribution in [2.24, 2.45) is 5.92 Å². The number of anilines is 1. The van der Waals surface area contributed by atoms with Crippen molar-refractivity contribution in [3.05, 3.63) is 64.8 Å². The predicted molar refractivity (Wildman–Crippen MR) is 123 cm³/mol. The molecule has 2 heterocycles. The fourth-order valence-corrected chi connectivity index (χ4v) is 4.21. The second-order valence-corrected chi connectivity index (χ2v) is 8.63. The summed E-state index contributed by atoms with van der Waals surface area (Å²) in [6.07, 6.45) is 2.88. The van der Waals surface area contributed by atoms with Gasteiger partial charge in [0.15, 0.2) is 0 Å². The molecule has 0 unspecified atom stereocenters. The molecule has 5 nitrogen and oxygen atoms in total. The first-order chi connectivity index (χ1) is 15.0. The minimum Gasteiger partial charge on any atom is -0.494 e. The van der Waals surface area contributed by atoms with E-state index >= 15 is 0 Å². The number of hydrogen-bond donors (Lipinski definition) is 0. The van der Waals surface area contributed by atoms with Gasteiger partial charge in [-0.3, -0.25) is 9.59 Å². The Morgan fingerprint density at radius 2 is 1.74 bits per heavy atom. The highest BCUT2D eigenvalue weighted by atomic mass is 35.5. The number of amides is 2. The Bertz CT molecular complexity index is 1010. The molecule has 162 valence electrons. The number of benzene rings is 2. The fourth-order valence-electron chi connectivity index (χ4n) is 4.09. The molecule has 6 heteroatoms. The maximum absolute atomic E-state index is 13.6. The summed E-state index contributed by atoms with van der Waals surface area (Å²) in [7, 11) is 0. The monoisotopic (exact) mass is 438 g/mol. The average Bonchev–Trinajstić information content (AvgIpc) is 3.03. The van der Waals surface area contributed by atoms with Gasteiger partial charge < -0.3 is 9.64 Å². The van der Waals surface area contributed by atoms with E-state index in [1.54, 1.807) is 36.4 Å². The summed E-state index contributed by atoms with van der Waals surface area (Å²) in [4.78, 5) is 30.5. The van der Waals surface area contributed by atoms with Gasteiger partial charge in [-0.2, -0.15) is 0 Å². The van der Waals surface area contributed by atoms with Crippen LogP contribution in [0.25, 0.3) is 5.57 Å². The Kier molecular flexibility index (Phi) is 6.33. The zero-order valence-corrected chi connectivity index (χ0v) is 18.7. The van der Waals surface area contributed by atoms with Crippen molar-refractivity contribution in [3.8, 4) is 5.75 Å². The van der Waals surface area contributed by atoms with Crippen molar-refractivity contribution < 1.29 is 14.3 Å². The van der Waals surface area contributed by atoms with Crippen LogP contribution in [-0.2, 0) is 9.59 Å². The first-order valence-electron chi connectivity index (χ1n) is 10.9. The Morgan fingerprint density at radius 3 is 2.42 bits per heavy atom. The number of ether oxygens (including phenoxy) is 1. The molecule has 2 aliphatic rings. The number of likely N-dealkylation sites (tertiary alicyclic amines) is 1. The summed E-state index contributed by atoms with van der Waals surface area (Å²) < 4.78 is 5.72. The number of hydrogen-bond acceptors (Lipinski definition) is 4. The van der Waals surface area contributed by atoms with Crippen molar-refractivity contribution in [1.82, 2.24) is 4.90 Å². The molecule has 4 rings (SSSR count). The molecular weight excluding hydrogens is 412 g/mol. The summed E-state index contributed by atoms with van der Waals surface area (Å²) in [6, 6.07) is 14.3. The van der Waals surface area contributed by atoms with Crippen molar-refractivity contribution >= 4 is 34.7 Å². The van der Waals surface area contributed by atoms with Gasteiger partial charge in [0.05, 0.1) is 17.9 Å². The molecule has 0 N–H and O–H groups in total. The Hall–Kier alpha value is -2.79. The van der Waals surface area contributed by atoms with Crippen LogP contribution in [0.5, 0.6) is 5.75 Å². The third-order valence-corrected chi connectivity index (χ3v) is 6.09. The van der Waals surface area contributed by atoms with Crippen molar-refractivity contribution in [2.45, 2.75) is 33.1 Å². The number of rotatable bonds is 6. The Labute approximate surface area is 188 Å². The fraction of sp³-hybridized carbons (Fsp3) is 0.360. The third kappa shape index (κ3) is 4.33. The lowest BCUT2D eigenvalue weighted by Gasteiger charge is -2.32. The van der Waals surface area contributed by atoms with E-state index in [1.807, 2.05) is 19.1 Å².